The summed E-state index contributed by atoms with van der Waals surface area (Å²) in [5.41, 5.74) is 0.637. The van der Waals surface area contributed by atoms with Crippen LogP contribution in [0.1, 0.15) is 25.7 Å². The van der Waals surface area contributed by atoms with Gasteiger partial charge in [-0.3, -0.25) is 4.79 Å². The van der Waals surface area contributed by atoms with Gasteiger partial charge in [-0.15, -0.1) is 0 Å². The fraction of sp³-hybridized carbons (Fsp3) is 0.500. The number of benzene rings is 1. The summed E-state index contributed by atoms with van der Waals surface area (Å²) in [7, 11) is -3.22. The predicted octanol–water partition coefficient (Wildman–Crippen LogP) is 1.69. The van der Waals surface area contributed by atoms with Crippen molar-refractivity contribution in [2.45, 2.75) is 43.0 Å². The predicted molar refractivity (Wildman–Crippen MR) is 95.4 cm³/mol. The molecule has 3 N–H and O–H groups in total. The molecule has 0 aliphatic carbocycles. The van der Waals surface area contributed by atoms with Crippen molar-refractivity contribution in [1.29, 1.82) is 0 Å². The largest absolute Gasteiger partial charge is 0.332 e. The first-order valence-corrected chi connectivity index (χ1v) is 10.3. The lowest BCUT2D eigenvalue weighted by Crippen LogP contribution is -2.39. The maximum absolute atomic E-state index is 12.2. The number of hydrogen-bond donors (Lipinski definition) is 3. The van der Waals surface area contributed by atoms with Gasteiger partial charge >= 0.3 is 6.03 Å². The summed E-state index contributed by atoms with van der Waals surface area (Å²) in [6.07, 6.45) is 1.93. The SMILES string of the molecule is O=C(CCCC[C@@H]1[C@@H]2NC(=O)N[C@H]2CS1(=O)=O)Nc1cccc(Cl)c1. The molecule has 3 rings (SSSR count). The van der Waals surface area contributed by atoms with Crippen molar-refractivity contribution in [3.63, 3.8) is 0 Å². The van der Waals surface area contributed by atoms with Crippen molar-refractivity contribution in [3.8, 4) is 0 Å². The Hall–Kier alpha value is -1.80. The minimum atomic E-state index is -3.22. The van der Waals surface area contributed by atoms with Gasteiger partial charge in [-0.1, -0.05) is 24.1 Å². The van der Waals surface area contributed by atoms with E-state index in [-0.39, 0.29) is 29.8 Å². The smallest absolute Gasteiger partial charge is 0.315 e. The van der Waals surface area contributed by atoms with E-state index in [0.29, 0.717) is 36.4 Å². The molecule has 0 unspecified atom stereocenters. The Morgan fingerprint density at radius 1 is 1.28 bits per heavy atom. The maximum Gasteiger partial charge on any atom is 0.315 e. The fourth-order valence-electron chi connectivity index (χ4n) is 3.43. The summed E-state index contributed by atoms with van der Waals surface area (Å²) in [5.74, 6) is -0.152. The third-order valence-electron chi connectivity index (χ3n) is 4.57. The Morgan fingerprint density at radius 2 is 2.08 bits per heavy atom. The van der Waals surface area contributed by atoms with E-state index in [1.54, 1.807) is 24.3 Å². The molecule has 3 atom stereocenters. The summed E-state index contributed by atoms with van der Waals surface area (Å²) >= 11 is 5.87. The molecule has 2 saturated heterocycles. The van der Waals surface area contributed by atoms with E-state index in [2.05, 4.69) is 16.0 Å². The van der Waals surface area contributed by atoms with Crippen LogP contribution in [-0.2, 0) is 14.6 Å². The number of nitrogens with one attached hydrogen (secondary N) is 3. The Labute approximate surface area is 151 Å². The van der Waals surface area contributed by atoms with Crippen LogP contribution in [0.2, 0.25) is 5.02 Å². The van der Waals surface area contributed by atoms with Crippen LogP contribution in [0.3, 0.4) is 0 Å². The second kappa shape index (κ2) is 7.21. The highest BCUT2D eigenvalue weighted by atomic mass is 35.5. The number of carbonyl (C=O) groups is 2. The summed E-state index contributed by atoms with van der Waals surface area (Å²) in [6, 6.07) is 5.89. The lowest BCUT2D eigenvalue weighted by atomic mass is 10.0. The van der Waals surface area contributed by atoms with Crippen LogP contribution >= 0.6 is 11.6 Å². The first-order valence-electron chi connectivity index (χ1n) is 8.19. The van der Waals surface area contributed by atoms with Gasteiger partial charge in [-0.05, 0) is 31.0 Å². The summed E-state index contributed by atoms with van der Waals surface area (Å²) in [4.78, 5) is 23.3. The normalized spacial score (nSPS) is 26.6. The Morgan fingerprint density at radius 3 is 2.84 bits per heavy atom. The molecule has 0 spiro atoms. The van der Waals surface area contributed by atoms with Gasteiger partial charge in [0.25, 0.3) is 0 Å². The van der Waals surface area contributed by atoms with Gasteiger partial charge < -0.3 is 16.0 Å². The lowest BCUT2D eigenvalue weighted by molar-refractivity contribution is -0.116. The average Bonchev–Trinajstić information content (AvgIpc) is 2.96. The van der Waals surface area contributed by atoms with Crippen LogP contribution in [0.25, 0.3) is 0 Å². The minimum Gasteiger partial charge on any atom is -0.332 e. The van der Waals surface area contributed by atoms with Crippen molar-refractivity contribution in [2.24, 2.45) is 0 Å². The Bertz CT molecular complexity index is 783. The molecule has 3 amide bonds. The topological polar surface area (TPSA) is 104 Å². The van der Waals surface area contributed by atoms with Gasteiger partial charge in [-0.2, -0.15) is 0 Å². The average molecular weight is 386 g/mol. The van der Waals surface area contributed by atoms with E-state index < -0.39 is 15.1 Å². The molecule has 2 fully saturated rings. The summed E-state index contributed by atoms with van der Waals surface area (Å²) in [5, 5.41) is 8.06. The van der Waals surface area contributed by atoms with Gasteiger partial charge in [0, 0.05) is 17.1 Å². The van der Waals surface area contributed by atoms with Crippen LogP contribution in [0, 0.1) is 0 Å². The minimum absolute atomic E-state index is 0.0175. The number of halogens is 1. The van der Waals surface area contributed by atoms with Gasteiger partial charge in [0.15, 0.2) is 9.84 Å². The number of anilines is 1. The van der Waals surface area contributed by atoms with Gasteiger partial charge in [-0.25, -0.2) is 13.2 Å². The zero-order chi connectivity index (χ0) is 18.0. The summed E-state index contributed by atoms with van der Waals surface area (Å²) in [6.45, 7) is 0. The van der Waals surface area contributed by atoms with Crippen molar-refractivity contribution in [3.05, 3.63) is 29.3 Å². The van der Waals surface area contributed by atoms with Crippen molar-refractivity contribution in [2.75, 3.05) is 11.1 Å². The molecule has 0 saturated carbocycles. The molecule has 0 radical (unpaired) electrons. The zero-order valence-electron chi connectivity index (χ0n) is 13.5. The Kier molecular flexibility index (Phi) is 5.19. The summed E-state index contributed by atoms with van der Waals surface area (Å²) < 4.78 is 24.4. The van der Waals surface area contributed by atoms with Crippen molar-refractivity contribution >= 4 is 39.1 Å². The van der Waals surface area contributed by atoms with Crippen molar-refractivity contribution < 1.29 is 18.0 Å². The number of rotatable bonds is 6. The molecule has 9 heteroatoms. The van der Waals surface area contributed by atoms with Crippen molar-refractivity contribution in [1.82, 2.24) is 10.6 Å². The number of carbonyl (C=O) groups excluding carboxylic acids is 2. The third kappa shape index (κ3) is 4.24. The second-order valence-corrected chi connectivity index (χ2v) is 9.12. The Balaban J connectivity index is 1.45. The number of amides is 3. The molecule has 2 aliphatic heterocycles. The van der Waals surface area contributed by atoms with Gasteiger partial charge in [0.05, 0.1) is 23.1 Å². The van der Waals surface area contributed by atoms with Gasteiger partial charge in [0.1, 0.15) is 0 Å². The molecular weight excluding hydrogens is 366 g/mol. The molecule has 2 heterocycles. The second-order valence-electron chi connectivity index (χ2n) is 6.42. The first kappa shape index (κ1) is 18.0. The van der Waals surface area contributed by atoms with Crippen LogP contribution in [0.5, 0.6) is 0 Å². The lowest BCUT2D eigenvalue weighted by Gasteiger charge is -2.16. The molecule has 136 valence electrons. The zero-order valence-corrected chi connectivity index (χ0v) is 15.1. The number of fused-ring (bicyclic) bond motifs is 1. The number of hydrogen-bond acceptors (Lipinski definition) is 4. The molecule has 0 bridgehead atoms. The molecule has 25 heavy (non-hydrogen) atoms. The van der Waals surface area contributed by atoms with E-state index in [9.17, 15) is 18.0 Å². The monoisotopic (exact) mass is 385 g/mol. The number of urea groups is 1. The molecule has 1 aromatic rings. The van der Waals surface area contributed by atoms with Crippen LogP contribution in [0.15, 0.2) is 24.3 Å². The molecule has 1 aromatic carbocycles. The van der Waals surface area contributed by atoms with Crippen LogP contribution < -0.4 is 16.0 Å². The first-order chi connectivity index (χ1) is 11.8. The molecule has 7 nitrogen and oxygen atoms in total. The highest BCUT2D eigenvalue weighted by Crippen LogP contribution is 2.28. The molecular formula is C16H20ClN3O4S. The standard InChI is InChI=1S/C16H20ClN3O4S/c17-10-4-3-5-11(8-10)18-14(21)7-2-1-6-13-15-12(9-25(13,23)24)19-16(22)20-15/h3-5,8,12-13,15H,1-2,6-7,9H2,(H,18,21)(H2,19,20,22)/t12-,13+,15+/m0/s1. The maximum atomic E-state index is 12.2. The van der Waals surface area contributed by atoms with Gasteiger partial charge in [0.2, 0.25) is 5.91 Å². The third-order valence-corrected chi connectivity index (χ3v) is 7.08. The van der Waals surface area contributed by atoms with E-state index >= 15 is 0 Å². The highest BCUT2D eigenvalue weighted by molar-refractivity contribution is 7.92. The van der Waals surface area contributed by atoms with E-state index in [0.717, 1.165) is 0 Å². The van der Waals surface area contributed by atoms with E-state index in [4.69, 9.17) is 11.6 Å². The molecule has 0 aromatic heterocycles. The van der Waals surface area contributed by atoms with Crippen LogP contribution in [0.4, 0.5) is 10.5 Å². The highest BCUT2D eigenvalue weighted by Gasteiger charge is 2.51. The number of unbranched alkanes of at least 4 members (excludes halogenated alkanes) is 1. The number of sulfone groups is 1. The van der Waals surface area contributed by atoms with E-state index in [1.807, 2.05) is 0 Å². The van der Waals surface area contributed by atoms with Crippen LogP contribution in [-0.4, -0.2) is 43.4 Å². The fourth-order valence-corrected chi connectivity index (χ4v) is 5.89. The molecule has 2 aliphatic rings. The van der Waals surface area contributed by atoms with E-state index in [1.165, 1.54) is 0 Å². The quantitative estimate of drug-likeness (QED) is 0.512.